The molecule has 4 aromatic carbocycles. The summed E-state index contributed by atoms with van der Waals surface area (Å²) in [6.07, 6.45) is 6.76. The van der Waals surface area contributed by atoms with Gasteiger partial charge in [-0.3, -0.25) is 4.79 Å². The number of ether oxygens (including phenoxy) is 4. The fraction of sp³-hybridized carbons (Fsp3) is 0.468. The largest absolute Gasteiger partial charge is 0.481 e. The van der Waals surface area contributed by atoms with Crippen LogP contribution >= 0.6 is 0 Å². The number of hydrogen-bond acceptors (Lipinski definition) is 11. The Balaban J connectivity index is 1.17. The standard InChI is InChI=1S/C62H68O11/c1-38(35-64)48-22-19-40-20-23-49-44(31-40)15-9-10-28-62(47-17-7-4-8-18-47)59(72-60(48)67)58(56-53(73-62)26-25-51-52(36-65)55(61(68)71-57(51)56)45(27-29-63)37-69-2)70-54(66)34-46-33-43(21-24-50(46)49)42-16-11-14-41(32-42)30-39-12-5-3-6-13-39/h3,5-6,11-14,16,20,23,25-26,31-32,43,45-47,50,58-59,63-65H,4,7-8,15,17-19,21-22,24,27-30,33-37H2,1-2H3/b48-38-/t43-,45-,46-,50+,58-,59+,62+/m1/s1. The molecule has 5 bridgehead atoms. The first kappa shape index (κ1) is 50.5. The second kappa shape index (κ2) is 22.2. The van der Waals surface area contributed by atoms with Crippen molar-refractivity contribution in [3.63, 3.8) is 0 Å². The number of carbonyl (C=O) groups excluding carboxylic acids is 2. The molecule has 3 aliphatic heterocycles. The predicted molar refractivity (Wildman–Crippen MR) is 277 cm³/mol. The van der Waals surface area contributed by atoms with Crippen LogP contribution in [-0.4, -0.2) is 65.9 Å². The molecule has 10 rings (SSSR count). The normalized spacial score (nSPS) is 25.4. The number of esters is 2. The van der Waals surface area contributed by atoms with Crippen LogP contribution in [0.2, 0.25) is 0 Å². The monoisotopic (exact) mass is 988 g/mol. The molecule has 2 aliphatic carbocycles. The van der Waals surface area contributed by atoms with Crippen molar-refractivity contribution in [3.05, 3.63) is 157 Å². The molecule has 382 valence electrons. The Labute approximate surface area is 427 Å². The van der Waals surface area contributed by atoms with Crippen molar-refractivity contribution in [1.29, 1.82) is 0 Å². The minimum absolute atomic E-state index is 0.0189. The van der Waals surface area contributed by atoms with E-state index in [9.17, 15) is 20.1 Å². The van der Waals surface area contributed by atoms with Crippen molar-refractivity contribution in [2.45, 2.75) is 145 Å². The number of aliphatic hydroxyl groups excluding tert-OH is 3. The summed E-state index contributed by atoms with van der Waals surface area (Å²) < 4.78 is 33.1. The van der Waals surface area contributed by atoms with E-state index >= 15 is 9.59 Å². The lowest BCUT2D eigenvalue weighted by atomic mass is 9.67. The van der Waals surface area contributed by atoms with Gasteiger partial charge in [0.15, 0.2) is 17.8 Å². The first-order valence-corrected chi connectivity index (χ1v) is 26.5. The van der Waals surface area contributed by atoms with Crippen molar-refractivity contribution in [2.75, 3.05) is 26.9 Å². The van der Waals surface area contributed by atoms with E-state index in [2.05, 4.69) is 78.6 Å². The second-order valence-electron chi connectivity index (χ2n) is 21.2. The zero-order valence-corrected chi connectivity index (χ0v) is 42.2. The average Bonchev–Trinajstić information content (AvgIpc) is 3.40. The van der Waals surface area contributed by atoms with Crippen LogP contribution < -0.4 is 10.4 Å². The summed E-state index contributed by atoms with van der Waals surface area (Å²) in [4.78, 5) is 45.1. The summed E-state index contributed by atoms with van der Waals surface area (Å²) in [6.45, 7) is 0.700. The summed E-state index contributed by atoms with van der Waals surface area (Å²) in [5, 5.41) is 32.2. The number of rotatable bonds is 11. The highest BCUT2D eigenvalue weighted by atomic mass is 16.6. The first-order valence-electron chi connectivity index (χ1n) is 26.5. The number of fused-ring (bicyclic) bond motifs is 9. The molecule has 0 spiro atoms. The zero-order chi connectivity index (χ0) is 50.6. The third-order valence-electron chi connectivity index (χ3n) is 16.9. The minimum Gasteiger partial charge on any atom is -0.481 e. The van der Waals surface area contributed by atoms with Crippen molar-refractivity contribution < 1.29 is 48.3 Å². The van der Waals surface area contributed by atoms with Crippen molar-refractivity contribution >= 4 is 22.9 Å². The number of carbonyl (C=O) groups is 2. The molecule has 3 N–H and O–H groups in total. The van der Waals surface area contributed by atoms with Crippen LogP contribution in [0.4, 0.5) is 0 Å². The van der Waals surface area contributed by atoms with E-state index in [0.29, 0.717) is 40.7 Å². The van der Waals surface area contributed by atoms with Crippen LogP contribution in [-0.2, 0) is 49.7 Å². The van der Waals surface area contributed by atoms with Crippen molar-refractivity contribution in [3.8, 4) is 17.6 Å². The number of aryl methyl sites for hydroxylation is 1. The Hall–Kier alpha value is -6.03. The molecule has 73 heavy (non-hydrogen) atoms. The van der Waals surface area contributed by atoms with Gasteiger partial charge in [-0.2, -0.15) is 0 Å². The van der Waals surface area contributed by atoms with Crippen molar-refractivity contribution in [1.82, 2.24) is 0 Å². The molecule has 0 amide bonds. The van der Waals surface area contributed by atoms with E-state index in [1.807, 2.05) is 6.07 Å². The smallest absolute Gasteiger partial charge is 0.340 e. The molecule has 11 nitrogen and oxygen atoms in total. The third-order valence-corrected chi connectivity index (χ3v) is 16.9. The molecular weight excluding hydrogens is 921 g/mol. The van der Waals surface area contributed by atoms with Gasteiger partial charge in [-0.25, -0.2) is 9.59 Å². The minimum atomic E-state index is -1.34. The van der Waals surface area contributed by atoms with Crippen LogP contribution in [0.3, 0.4) is 0 Å². The molecule has 2 saturated carbocycles. The van der Waals surface area contributed by atoms with Gasteiger partial charge in [0.25, 0.3) is 0 Å². The van der Waals surface area contributed by atoms with Crippen LogP contribution in [0.5, 0.6) is 5.75 Å². The van der Waals surface area contributed by atoms with Crippen LogP contribution in [0, 0.1) is 23.7 Å². The van der Waals surface area contributed by atoms with Gasteiger partial charge in [0.05, 0.1) is 31.8 Å². The van der Waals surface area contributed by atoms with Gasteiger partial charge in [0.1, 0.15) is 11.3 Å². The summed E-state index contributed by atoms with van der Waals surface area (Å²) in [7, 11) is 1.51. The average molecular weight is 989 g/mol. The highest BCUT2D eigenvalue weighted by Crippen LogP contribution is 2.55. The van der Waals surface area contributed by atoms with E-state index in [-0.39, 0.29) is 85.9 Å². The highest BCUT2D eigenvalue weighted by molar-refractivity contribution is 5.90. The van der Waals surface area contributed by atoms with Crippen LogP contribution in [0.15, 0.2) is 105 Å². The van der Waals surface area contributed by atoms with Gasteiger partial charge < -0.3 is 38.7 Å². The summed E-state index contributed by atoms with van der Waals surface area (Å²) in [6, 6.07) is 29.4. The number of benzene rings is 4. The van der Waals surface area contributed by atoms with E-state index in [1.54, 1.807) is 19.1 Å². The lowest BCUT2D eigenvalue weighted by molar-refractivity contribution is -0.204. The SMILES string of the molecule is COC[C@@H](CCO)c1c(CO)c2ccc3c(c2oc1=O)[C@H]1OC(=O)C[C@H]2C[C@H](c4cccc(Cc5ccccc5)c4)CC[C@@H]2c2ccc4cc2CC#CC[C@@](C2CCCCC2)(O3)[C@H]1OC(=O)/C(=C(/C)CO)CC4. The molecule has 5 aromatic rings. The predicted octanol–water partition coefficient (Wildman–Crippen LogP) is 10.2. The van der Waals surface area contributed by atoms with E-state index in [1.165, 1.54) is 29.4 Å². The fourth-order valence-corrected chi connectivity index (χ4v) is 13.2. The Morgan fingerprint density at radius 1 is 0.863 bits per heavy atom. The van der Waals surface area contributed by atoms with Crippen LogP contribution in [0.1, 0.15) is 158 Å². The first-order chi connectivity index (χ1) is 35.6. The number of hydrogen-bond donors (Lipinski definition) is 3. The maximum atomic E-state index is 15.5. The molecule has 2 fully saturated rings. The van der Waals surface area contributed by atoms with Crippen LogP contribution in [0.25, 0.3) is 11.0 Å². The fourth-order valence-electron chi connectivity index (χ4n) is 13.2. The Morgan fingerprint density at radius 2 is 1.68 bits per heavy atom. The summed E-state index contributed by atoms with van der Waals surface area (Å²) >= 11 is 0. The van der Waals surface area contributed by atoms with Gasteiger partial charge in [-0.15, -0.1) is 0 Å². The zero-order valence-electron chi connectivity index (χ0n) is 42.2. The van der Waals surface area contributed by atoms with E-state index < -0.39 is 47.9 Å². The highest BCUT2D eigenvalue weighted by Gasteiger charge is 2.59. The van der Waals surface area contributed by atoms with E-state index in [0.717, 1.165) is 68.9 Å². The molecule has 0 saturated heterocycles. The Morgan fingerprint density at radius 3 is 2.47 bits per heavy atom. The van der Waals surface area contributed by atoms with Gasteiger partial charge in [0.2, 0.25) is 0 Å². The lowest BCUT2D eigenvalue weighted by Crippen LogP contribution is -2.60. The maximum Gasteiger partial charge on any atom is 0.340 e. The number of aliphatic hydroxyl groups is 3. The number of methoxy groups -OCH3 is 1. The van der Waals surface area contributed by atoms with Gasteiger partial charge in [-0.1, -0.05) is 104 Å². The summed E-state index contributed by atoms with van der Waals surface area (Å²) in [5.41, 5.74) is 6.56. The quantitative estimate of drug-likeness (QED) is 0.0500. The van der Waals surface area contributed by atoms with Gasteiger partial charge in [-0.05, 0) is 139 Å². The third kappa shape index (κ3) is 10.2. The topological polar surface area (TPSA) is 162 Å². The molecule has 0 radical (unpaired) electrons. The molecular formula is C62H68O11. The van der Waals surface area contributed by atoms with Crippen molar-refractivity contribution in [2.24, 2.45) is 11.8 Å². The Kier molecular flexibility index (Phi) is 15.4. The molecule has 4 heterocycles. The van der Waals surface area contributed by atoms with Gasteiger partial charge >= 0.3 is 17.6 Å². The molecule has 7 atom stereocenters. The Bertz CT molecular complexity index is 2980. The second-order valence-corrected chi connectivity index (χ2v) is 21.2. The lowest BCUT2D eigenvalue weighted by Gasteiger charge is -2.51. The molecule has 0 unspecified atom stereocenters. The molecule has 11 heteroatoms. The van der Waals surface area contributed by atoms with E-state index in [4.69, 9.17) is 23.4 Å². The summed E-state index contributed by atoms with van der Waals surface area (Å²) in [5.74, 6) is 5.60. The molecule has 1 aromatic heterocycles. The van der Waals surface area contributed by atoms with Gasteiger partial charge in [0, 0.05) is 54.9 Å². The maximum absolute atomic E-state index is 15.5. The molecule has 5 aliphatic rings.